The summed E-state index contributed by atoms with van der Waals surface area (Å²) >= 11 is 0. The van der Waals surface area contributed by atoms with E-state index in [2.05, 4.69) is 26.3 Å². The molecule has 0 unspecified atom stereocenters. The molecule has 0 saturated heterocycles. The van der Waals surface area contributed by atoms with Crippen molar-refractivity contribution < 1.29 is 33.4 Å². The molecule has 21 heavy (non-hydrogen) atoms. The predicted molar refractivity (Wildman–Crippen MR) is 62.2 cm³/mol. The van der Waals surface area contributed by atoms with Gasteiger partial charge in [-0.1, -0.05) is 18.2 Å². The smallest absolute Gasteiger partial charge is 0.232 e. The largest absolute Gasteiger partial charge is 0.251 e. The van der Waals surface area contributed by atoms with Gasteiger partial charge in [0.1, 0.15) is 0 Å². The van der Waals surface area contributed by atoms with Crippen LogP contribution in [0, 0.1) is 10.2 Å². The molecular weight excluding hydrogens is 298 g/mol. The van der Waals surface area contributed by atoms with E-state index in [0.29, 0.717) is 0 Å². The molecule has 0 atom stereocenters. The average Bonchev–Trinajstić information content (AvgIpc) is 2.76. The molecule has 0 amide bonds. The molecule has 3 rings (SSSR count). The Bertz CT molecular complexity index is 719. The van der Waals surface area contributed by atoms with E-state index in [1.54, 1.807) is 0 Å². The van der Waals surface area contributed by atoms with Crippen molar-refractivity contribution in [3.63, 3.8) is 0 Å². The van der Waals surface area contributed by atoms with Crippen LogP contribution in [0.25, 0.3) is 16.9 Å². The second kappa shape index (κ2) is 6.17. The van der Waals surface area contributed by atoms with Gasteiger partial charge in [0.25, 0.3) is 6.33 Å². The maximum absolute atomic E-state index is 8.49. The Balaban J connectivity index is 0.000000282. The molecule has 3 aromatic rings. The number of fused-ring (bicyclic) bond motifs is 1. The van der Waals surface area contributed by atoms with E-state index in [4.69, 9.17) is 18.6 Å². The molecular formula is C13H12ClN3O4. The number of para-hydroxylation sites is 2. The van der Waals surface area contributed by atoms with Crippen molar-refractivity contribution in [2.24, 2.45) is 7.05 Å². The lowest BCUT2D eigenvalue weighted by atomic mass is 10.3. The van der Waals surface area contributed by atoms with Crippen molar-refractivity contribution in [3.8, 4) is 5.82 Å². The number of rotatable bonds is 1. The fraction of sp³-hybridized carbons (Fsp3) is 0.0769. The molecule has 0 saturated carbocycles. The summed E-state index contributed by atoms with van der Waals surface area (Å²) in [7, 11) is -2.90. The zero-order chi connectivity index (χ0) is 15.5. The van der Waals surface area contributed by atoms with Gasteiger partial charge < -0.3 is 0 Å². The fourth-order valence-electron chi connectivity index (χ4n) is 1.94. The fourth-order valence-corrected chi connectivity index (χ4v) is 1.94. The van der Waals surface area contributed by atoms with Crippen LogP contribution in [-0.4, -0.2) is 9.55 Å². The van der Waals surface area contributed by atoms with Crippen LogP contribution in [-0.2, 0) is 7.05 Å². The van der Waals surface area contributed by atoms with Gasteiger partial charge in [-0.2, -0.15) is 4.57 Å². The maximum atomic E-state index is 8.49. The zero-order valence-corrected chi connectivity index (χ0v) is 11.8. The molecule has 0 aliphatic heterocycles. The van der Waals surface area contributed by atoms with Crippen LogP contribution in [0.2, 0.25) is 0 Å². The molecule has 7 nitrogen and oxygen atoms in total. The molecule has 1 aromatic carbocycles. The summed E-state index contributed by atoms with van der Waals surface area (Å²) in [5.41, 5.74) is 2.37. The van der Waals surface area contributed by atoms with E-state index < -0.39 is 10.2 Å². The number of hydrogen-bond donors (Lipinski definition) is 0. The van der Waals surface area contributed by atoms with Gasteiger partial charge in [-0.25, -0.2) is 28.2 Å². The molecule has 2 heterocycles. The SMILES string of the molecule is C[n+]1cn(-c2ccccn2)c2ccccc21.[O-][Cl+3]([O-])([O-])[O-]. The van der Waals surface area contributed by atoms with Crippen molar-refractivity contribution in [1.82, 2.24) is 9.55 Å². The highest BCUT2D eigenvalue weighted by Crippen LogP contribution is 2.14. The van der Waals surface area contributed by atoms with Crippen LogP contribution < -0.4 is 23.2 Å². The molecule has 2 aromatic heterocycles. The minimum Gasteiger partial charge on any atom is -0.232 e. The van der Waals surface area contributed by atoms with E-state index >= 15 is 0 Å². The molecule has 0 aliphatic rings. The summed E-state index contributed by atoms with van der Waals surface area (Å²) in [5, 5.41) is 0. The third kappa shape index (κ3) is 4.22. The summed E-state index contributed by atoms with van der Waals surface area (Å²) in [5.74, 6) is 0.944. The highest BCUT2D eigenvalue weighted by molar-refractivity contribution is 5.73. The second-order valence-electron chi connectivity index (χ2n) is 4.15. The Labute approximate surface area is 122 Å². The van der Waals surface area contributed by atoms with Gasteiger partial charge >= 0.3 is 0 Å². The highest BCUT2D eigenvalue weighted by Gasteiger charge is 2.14. The first-order valence-electron chi connectivity index (χ1n) is 5.85. The van der Waals surface area contributed by atoms with Gasteiger partial charge in [-0.05, 0) is 18.2 Å². The molecule has 110 valence electrons. The minimum absolute atomic E-state index is 0.944. The van der Waals surface area contributed by atoms with Crippen molar-refractivity contribution in [3.05, 3.63) is 55.0 Å². The topological polar surface area (TPSA) is 114 Å². The van der Waals surface area contributed by atoms with Crippen LogP contribution in [0.1, 0.15) is 0 Å². The number of aryl methyl sites for hydroxylation is 1. The van der Waals surface area contributed by atoms with Gasteiger partial charge in [-0.15, -0.1) is 10.2 Å². The molecule has 0 spiro atoms. The molecule has 0 radical (unpaired) electrons. The normalized spacial score (nSPS) is 11.1. The zero-order valence-electron chi connectivity index (χ0n) is 11.0. The van der Waals surface area contributed by atoms with Gasteiger partial charge in [-0.3, -0.25) is 0 Å². The first-order valence-corrected chi connectivity index (χ1v) is 7.08. The van der Waals surface area contributed by atoms with E-state index in [-0.39, 0.29) is 0 Å². The summed E-state index contributed by atoms with van der Waals surface area (Å²) in [6.45, 7) is 0. The molecule has 0 fully saturated rings. The van der Waals surface area contributed by atoms with Crippen molar-refractivity contribution in [2.45, 2.75) is 0 Å². The van der Waals surface area contributed by atoms with E-state index in [1.807, 2.05) is 49.9 Å². The number of hydrogen-bond acceptors (Lipinski definition) is 5. The molecule has 0 bridgehead atoms. The Hall–Kier alpha value is -2.03. The Kier molecular flexibility index (Phi) is 4.51. The monoisotopic (exact) mass is 309 g/mol. The number of benzene rings is 1. The second-order valence-corrected chi connectivity index (χ2v) is 4.91. The van der Waals surface area contributed by atoms with Gasteiger partial charge in [0.05, 0.1) is 7.05 Å². The molecule has 0 aliphatic carbocycles. The average molecular weight is 310 g/mol. The van der Waals surface area contributed by atoms with E-state index in [0.717, 1.165) is 5.82 Å². The Morgan fingerprint density at radius 3 is 2.24 bits per heavy atom. The first-order chi connectivity index (χ1) is 9.86. The third-order valence-corrected chi connectivity index (χ3v) is 2.71. The van der Waals surface area contributed by atoms with Gasteiger partial charge in [0, 0.05) is 12.3 Å². The summed E-state index contributed by atoms with van der Waals surface area (Å²) < 4.78 is 38.2. The van der Waals surface area contributed by atoms with Crippen LogP contribution in [0.4, 0.5) is 0 Å². The number of halogens is 1. The Morgan fingerprint density at radius 1 is 1.00 bits per heavy atom. The van der Waals surface area contributed by atoms with Crippen LogP contribution in [0.3, 0.4) is 0 Å². The quantitative estimate of drug-likeness (QED) is 0.447. The van der Waals surface area contributed by atoms with Crippen LogP contribution in [0.15, 0.2) is 55.0 Å². The van der Waals surface area contributed by atoms with Gasteiger partial charge in [0.2, 0.25) is 5.82 Å². The van der Waals surface area contributed by atoms with Crippen molar-refractivity contribution in [1.29, 1.82) is 0 Å². The van der Waals surface area contributed by atoms with Crippen LogP contribution in [0.5, 0.6) is 0 Å². The number of aromatic nitrogens is 3. The number of imidazole rings is 1. The van der Waals surface area contributed by atoms with E-state index in [9.17, 15) is 0 Å². The summed E-state index contributed by atoms with van der Waals surface area (Å²) in [6.07, 6.45) is 3.86. The standard InChI is InChI=1S/C13H12N3.ClHO4/c1-15-10-16(13-8-4-5-9-14-13)12-7-3-2-6-11(12)15;2-1(3,4)5/h2-10H,1H3;(H,2,3,4,5)/q+1;/p-1. The molecule has 8 heteroatoms. The lowest BCUT2D eigenvalue weighted by Gasteiger charge is -2.17. The van der Waals surface area contributed by atoms with Crippen molar-refractivity contribution in [2.75, 3.05) is 0 Å². The summed E-state index contributed by atoms with van der Waals surface area (Å²) in [4.78, 5) is 4.36. The highest BCUT2D eigenvalue weighted by atomic mass is 35.7. The molecule has 0 N–H and O–H groups in total. The summed E-state index contributed by atoms with van der Waals surface area (Å²) in [6, 6.07) is 14.2. The number of nitrogens with zero attached hydrogens (tertiary/aromatic N) is 3. The lowest BCUT2D eigenvalue weighted by molar-refractivity contribution is -2.00. The van der Waals surface area contributed by atoms with Crippen molar-refractivity contribution >= 4 is 11.0 Å². The minimum atomic E-state index is -4.94. The third-order valence-electron chi connectivity index (χ3n) is 2.71. The first kappa shape index (κ1) is 15.4. The van der Waals surface area contributed by atoms with E-state index in [1.165, 1.54) is 11.0 Å². The maximum Gasteiger partial charge on any atom is 0.251 e. The lowest BCUT2D eigenvalue weighted by Crippen LogP contribution is -2.68. The number of pyridine rings is 1. The van der Waals surface area contributed by atoms with Gasteiger partial charge in [0.15, 0.2) is 11.0 Å². The van der Waals surface area contributed by atoms with Crippen LogP contribution >= 0.6 is 0 Å². The predicted octanol–water partition coefficient (Wildman–Crippen LogP) is -2.91. The Morgan fingerprint density at radius 2 is 1.62 bits per heavy atom.